The molecule has 57 heavy (non-hydrogen) atoms. The Bertz CT molecular complexity index is 2140. The highest BCUT2D eigenvalue weighted by atomic mass is 79.9. The summed E-state index contributed by atoms with van der Waals surface area (Å²) in [6, 6.07) is 9.46. The van der Waals surface area contributed by atoms with Crippen molar-refractivity contribution >= 4 is 45.2 Å². The number of hydrogen-bond donors (Lipinski definition) is 2. The van der Waals surface area contributed by atoms with Crippen molar-refractivity contribution in [3.05, 3.63) is 103 Å². The van der Waals surface area contributed by atoms with Gasteiger partial charge in [0.1, 0.15) is 5.78 Å². The maximum atomic E-state index is 14.4. The molecule has 3 aromatic rings. The van der Waals surface area contributed by atoms with Crippen molar-refractivity contribution in [2.45, 2.75) is 111 Å². The molecule has 2 aromatic carbocycles. The highest BCUT2D eigenvalue weighted by Gasteiger charge is 2.37. The molecule has 5 rings (SSSR count). The Morgan fingerprint density at radius 2 is 1.70 bits per heavy atom. The lowest BCUT2D eigenvalue weighted by atomic mass is 9.80. The lowest BCUT2D eigenvalue weighted by Crippen LogP contribution is -2.43. The number of allylic oxidation sites excluding steroid dienone is 1. The molecule has 10 nitrogen and oxygen atoms in total. The highest BCUT2D eigenvalue weighted by molar-refractivity contribution is 9.10. The Morgan fingerprint density at radius 1 is 1.07 bits per heavy atom. The molecule has 1 aromatic heterocycles. The summed E-state index contributed by atoms with van der Waals surface area (Å²) in [7, 11) is 1.40. The van der Waals surface area contributed by atoms with Crippen molar-refractivity contribution in [2.24, 2.45) is 17.1 Å². The molecule has 14 heteroatoms. The van der Waals surface area contributed by atoms with Crippen LogP contribution < -0.4 is 16.6 Å². The Balaban J connectivity index is 1.44. The second kappa shape index (κ2) is 17.1. The van der Waals surface area contributed by atoms with Crippen LogP contribution in [0.15, 0.2) is 70.0 Å². The minimum atomic E-state index is -4.54. The molecule has 0 saturated heterocycles. The molecule has 1 aliphatic heterocycles. The van der Waals surface area contributed by atoms with E-state index >= 15 is 0 Å². The first-order valence-electron chi connectivity index (χ1n) is 19.2. The van der Waals surface area contributed by atoms with Crippen LogP contribution in [-0.4, -0.2) is 62.1 Å². The van der Waals surface area contributed by atoms with Gasteiger partial charge >= 0.3 is 6.18 Å². The molecule has 306 valence electrons. The fourth-order valence-corrected chi connectivity index (χ4v) is 7.69. The molecule has 3 N–H and O–H groups in total. The van der Waals surface area contributed by atoms with Gasteiger partial charge in [0.05, 0.1) is 29.5 Å². The van der Waals surface area contributed by atoms with E-state index in [0.717, 1.165) is 35.4 Å². The van der Waals surface area contributed by atoms with E-state index in [2.05, 4.69) is 32.7 Å². The summed E-state index contributed by atoms with van der Waals surface area (Å²) >= 11 is 3.07. The number of carbonyl (C=O) groups is 3. The van der Waals surface area contributed by atoms with Crippen LogP contribution in [0.2, 0.25) is 0 Å². The van der Waals surface area contributed by atoms with Gasteiger partial charge in [-0.2, -0.15) is 13.2 Å². The average Bonchev–Trinajstić information content (AvgIpc) is 3.11. The van der Waals surface area contributed by atoms with Crippen LogP contribution in [-0.2, 0) is 28.7 Å². The third-order valence-corrected chi connectivity index (χ3v) is 11.6. The zero-order chi connectivity index (χ0) is 42.1. The largest absolute Gasteiger partial charge is 0.417 e. The molecule has 2 amide bonds. The molecule has 3 unspecified atom stereocenters. The van der Waals surface area contributed by atoms with Gasteiger partial charge in [0.15, 0.2) is 0 Å². The van der Waals surface area contributed by atoms with Gasteiger partial charge in [0.25, 0.3) is 11.5 Å². The highest BCUT2D eigenvalue weighted by Crippen LogP contribution is 2.42. The Hall–Kier alpha value is -4.56. The van der Waals surface area contributed by atoms with Crippen LogP contribution in [0.3, 0.4) is 0 Å². The van der Waals surface area contributed by atoms with Crippen LogP contribution in [0.1, 0.15) is 106 Å². The molecule has 2 aliphatic rings. The summed E-state index contributed by atoms with van der Waals surface area (Å²) in [4.78, 5) is 61.9. The predicted octanol–water partition coefficient (Wildman–Crippen LogP) is 8.30. The van der Waals surface area contributed by atoms with E-state index in [0.29, 0.717) is 28.9 Å². The standard InChI is InChI=1S/C43H52BrF3N6O4/c1-9-25(4)49-41-50-34-23-52(38(27-11-10-12-27)29-15-18-33(44)32(20-29)43(45,46)47)26(5)19-31(34)40(57)53(41)30-16-13-28(14-17-30)39(56)51(8)36(55)22-42(6,7)21-35(54)37(48)24(2)3/h9,13-18,20,24-26,37H,1,10-12,19,21-23,48H2,2-8H3,(H,49,50). The summed E-state index contributed by atoms with van der Waals surface area (Å²) in [5.74, 6) is -0.920. The van der Waals surface area contributed by atoms with E-state index in [1.165, 1.54) is 23.7 Å². The smallest absolute Gasteiger partial charge is 0.362 e. The number of nitrogens with two attached hydrogens (primary N) is 1. The van der Waals surface area contributed by atoms with Crippen molar-refractivity contribution in [1.29, 1.82) is 0 Å². The summed E-state index contributed by atoms with van der Waals surface area (Å²) in [6.45, 7) is 15.2. The fraction of sp³-hybridized carbons (Fsp3) is 0.465. The lowest BCUT2D eigenvalue weighted by Gasteiger charge is -2.40. The van der Waals surface area contributed by atoms with Gasteiger partial charge in [0, 0.05) is 53.3 Å². The van der Waals surface area contributed by atoms with Gasteiger partial charge in [-0.05, 0) is 98.4 Å². The minimum absolute atomic E-state index is 0.0300. The number of Topliss-reactive ketones (excluding diaryl/α,β-unsaturated/α-hetero) is 1. The van der Waals surface area contributed by atoms with Gasteiger partial charge < -0.3 is 16.0 Å². The first-order chi connectivity index (χ1) is 26.6. The van der Waals surface area contributed by atoms with E-state index in [-0.39, 0.29) is 64.7 Å². The molecule has 3 atom stereocenters. The second-order valence-electron chi connectivity index (χ2n) is 16.4. The molecule has 1 aliphatic carbocycles. The Kier molecular flexibility index (Phi) is 13.1. The number of anilines is 1. The SMILES string of the molecule is C=CC(C)Nc1nc2c(c(=O)n1-c1ccc(C(=O)N(C)C(=O)CC(C)(C)CC(=O)C(N)C(C)C)cc1)CC(C)N(C(=C1CCC1)c1ccc(Br)c(C(F)(F)F)c1)C2. The monoisotopic (exact) mass is 852 g/mol. The number of amides is 2. The number of nitrogens with zero attached hydrogens (tertiary/aromatic N) is 4. The van der Waals surface area contributed by atoms with Crippen LogP contribution in [0.4, 0.5) is 19.1 Å². The number of imide groups is 1. The molecule has 1 saturated carbocycles. The van der Waals surface area contributed by atoms with Crippen molar-refractivity contribution in [2.75, 3.05) is 12.4 Å². The van der Waals surface area contributed by atoms with Crippen molar-refractivity contribution in [3.8, 4) is 5.69 Å². The quantitative estimate of drug-likeness (QED) is 0.164. The maximum absolute atomic E-state index is 14.4. The van der Waals surface area contributed by atoms with E-state index < -0.39 is 35.0 Å². The van der Waals surface area contributed by atoms with Crippen LogP contribution in [0.5, 0.6) is 0 Å². The van der Waals surface area contributed by atoms with E-state index in [9.17, 15) is 32.3 Å². The molecule has 0 bridgehead atoms. The normalized spacial score (nSPS) is 16.7. The third-order valence-electron chi connectivity index (χ3n) is 10.9. The number of nitrogens with one attached hydrogen (secondary N) is 1. The number of fused-ring (bicyclic) bond motifs is 1. The fourth-order valence-electron chi connectivity index (χ4n) is 7.22. The molecule has 0 radical (unpaired) electrons. The number of carbonyl (C=O) groups excluding carboxylic acids is 3. The number of aromatic nitrogens is 2. The summed E-state index contributed by atoms with van der Waals surface area (Å²) < 4.78 is 43.4. The van der Waals surface area contributed by atoms with Crippen molar-refractivity contribution in [3.63, 3.8) is 0 Å². The Morgan fingerprint density at radius 3 is 2.26 bits per heavy atom. The lowest BCUT2D eigenvalue weighted by molar-refractivity contribution is -0.138. The number of rotatable bonds is 13. The Labute approximate surface area is 340 Å². The summed E-state index contributed by atoms with van der Waals surface area (Å²) in [6.07, 6.45) is -0.0201. The molecule has 0 spiro atoms. The van der Waals surface area contributed by atoms with Gasteiger partial charge in [0.2, 0.25) is 11.9 Å². The van der Waals surface area contributed by atoms with E-state index in [1.54, 1.807) is 50.3 Å². The molecule has 2 heterocycles. The summed E-state index contributed by atoms with van der Waals surface area (Å²) in [5.41, 5.74) is 8.19. The zero-order valence-corrected chi connectivity index (χ0v) is 35.2. The van der Waals surface area contributed by atoms with Gasteiger partial charge in [-0.1, -0.05) is 55.8 Å². The van der Waals surface area contributed by atoms with Crippen LogP contribution in [0, 0.1) is 11.3 Å². The summed E-state index contributed by atoms with van der Waals surface area (Å²) in [5, 5.41) is 3.25. The molecular weight excluding hydrogens is 801 g/mol. The van der Waals surface area contributed by atoms with E-state index in [4.69, 9.17) is 10.7 Å². The zero-order valence-electron chi connectivity index (χ0n) is 33.6. The average molecular weight is 854 g/mol. The van der Waals surface area contributed by atoms with Crippen LogP contribution in [0.25, 0.3) is 11.4 Å². The van der Waals surface area contributed by atoms with Gasteiger partial charge in [-0.15, -0.1) is 6.58 Å². The van der Waals surface area contributed by atoms with Gasteiger partial charge in [-0.3, -0.25) is 24.1 Å². The predicted molar refractivity (Wildman–Crippen MR) is 220 cm³/mol. The number of halogens is 4. The third kappa shape index (κ3) is 9.60. The second-order valence-corrected chi connectivity index (χ2v) is 17.3. The number of ketones is 1. The molecular formula is C43H52BrF3N6O4. The van der Waals surface area contributed by atoms with Gasteiger partial charge in [-0.25, -0.2) is 9.55 Å². The number of benzene rings is 2. The van der Waals surface area contributed by atoms with E-state index in [1.807, 2.05) is 27.7 Å². The topological polar surface area (TPSA) is 131 Å². The molecule has 1 fully saturated rings. The maximum Gasteiger partial charge on any atom is 0.417 e. The van der Waals surface area contributed by atoms with Crippen LogP contribution >= 0.6 is 15.9 Å². The first kappa shape index (κ1) is 43.6. The first-order valence-corrected chi connectivity index (χ1v) is 20.0. The number of alkyl halides is 3. The van der Waals surface area contributed by atoms with Crippen molar-refractivity contribution < 1.29 is 27.6 Å². The van der Waals surface area contributed by atoms with Crippen molar-refractivity contribution in [1.82, 2.24) is 19.4 Å². The number of hydrogen-bond acceptors (Lipinski definition) is 8. The minimum Gasteiger partial charge on any atom is -0.362 e.